The molecule has 0 amide bonds. The molecule has 310 valence electrons. The Balaban J connectivity index is 1.31. The van der Waals surface area contributed by atoms with Crippen molar-refractivity contribution in [1.82, 2.24) is 0 Å². The SMILES string of the molecule is CC[C@@H](C(=O)[C@@H](C)[C@@H](O)[C@H](C)[C@@H]1O[C@@H]([C@@H](CC)C(=O)OC)CCC1C)[C@H]1O[C@@]2(C=C[C@@H](O)[C@]3(CC[C@@](C)([C@H]4CC[C@](O)(CC)[C@H](C)O4)O3)O2)[C@H](C)C[C@@H]1C. The van der Waals surface area contributed by atoms with Crippen molar-refractivity contribution in [3.63, 3.8) is 0 Å². The van der Waals surface area contributed by atoms with Gasteiger partial charge in [-0.3, -0.25) is 9.59 Å². The molecule has 5 aliphatic heterocycles. The summed E-state index contributed by atoms with van der Waals surface area (Å²) in [6.07, 6.45) is 6.11. The van der Waals surface area contributed by atoms with Gasteiger partial charge >= 0.3 is 5.97 Å². The Bertz CT molecular complexity index is 1340. The van der Waals surface area contributed by atoms with Gasteiger partial charge in [0.25, 0.3) is 0 Å². The largest absolute Gasteiger partial charge is 0.469 e. The number of hydrogen-bond donors (Lipinski definition) is 3. The molecule has 3 N–H and O–H groups in total. The second-order valence-electron chi connectivity index (χ2n) is 18.1. The van der Waals surface area contributed by atoms with E-state index in [0.29, 0.717) is 44.9 Å². The molecule has 0 bridgehead atoms. The topological polar surface area (TPSA) is 150 Å². The van der Waals surface area contributed by atoms with Crippen molar-refractivity contribution in [3.8, 4) is 0 Å². The average molecular weight is 765 g/mol. The molecule has 0 radical (unpaired) electrons. The first-order valence-electron chi connectivity index (χ1n) is 21.1. The lowest BCUT2D eigenvalue weighted by Crippen LogP contribution is -2.63. The standard InChI is InChI=1S/C43H72O11/c1-12-30(39(47)49-11)32-16-15-24(4)37(51-32)28(8)35(45)27(7)36(46)31(13-2)38-25(5)23-26(6)42(52-38)20-17-33(44)43(54-42)22-21-40(10,53-43)34-18-19-41(48,14-3)29(9)50-34/h17,20,24-35,37-38,44-45,48H,12-16,18-19,21-23H2,1-11H3/t24?,25-,26+,27-,28-,29-,30+,31-,32+,33+,34+,35+,37+,38-,40-,41+,42+,43-/m0/s1. The zero-order valence-electron chi connectivity index (χ0n) is 34.9. The van der Waals surface area contributed by atoms with E-state index in [-0.39, 0.29) is 65.8 Å². The fourth-order valence-corrected chi connectivity index (χ4v) is 10.6. The Morgan fingerprint density at radius 1 is 0.907 bits per heavy atom. The quantitative estimate of drug-likeness (QED) is 0.152. The highest BCUT2D eigenvalue weighted by molar-refractivity contribution is 5.84. The first-order chi connectivity index (χ1) is 25.3. The smallest absolute Gasteiger partial charge is 0.311 e. The minimum Gasteiger partial charge on any atom is -0.469 e. The van der Waals surface area contributed by atoms with E-state index < -0.39 is 52.9 Å². The van der Waals surface area contributed by atoms with E-state index in [1.807, 2.05) is 41.5 Å². The van der Waals surface area contributed by atoms with Crippen LogP contribution < -0.4 is 0 Å². The first kappa shape index (κ1) is 43.7. The van der Waals surface area contributed by atoms with Crippen LogP contribution in [0.3, 0.4) is 0 Å². The van der Waals surface area contributed by atoms with Gasteiger partial charge in [0.1, 0.15) is 11.9 Å². The van der Waals surface area contributed by atoms with E-state index in [1.165, 1.54) is 7.11 Å². The van der Waals surface area contributed by atoms with Crippen molar-refractivity contribution in [2.75, 3.05) is 7.11 Å². The van der Waals surface area contributed by atoms with Gasteiger partial charge in [-0.1, -0.05) is 55.4 Å². The molecule has 11 heteroatoms. The van der Waals surface area contributed by atoms with Crippen LogP contribution in [-0.4, -0.2) is 99.7 Å². The summed E-state index contributed by atoms with van der Waals surface area (Å²) in [5.74, 6) is -4.78. The monoisotopic (exact) mass is 765 g/mol. The second kappa shape index (κ2) is 16.8. The van der Waals surface area contributed by atoms with Crippen molar-refractivity contribution < 1.29 is 53.3 Å². The maximum atomic E-state index is 14.5. The van der Waals surface area contributed by atoms with Crippen LogP contribution in [0.2, 0.25) is 0 Å². The molecule has 0 aromatic carbocycles. The number of esters is 1. The number of Topliss-reactive ketones (excluding diaryl/α,β-unsaturated/α-hetero) is 1. The van der Waals surface area contributed by atoms with E-state index in [0.717, 1.165) is 19.3 Å². The lowest BCUT2D eigenvalue weighted by Gasteiger charge is -2.54. The molecule has 11 nitrogen and oxygen atoms in total. The van der Waals surface area contributed by atoms with Crippen molar-refractivity contribution in [2.24, 2.45) is 41.4 Å². The number of methoxy groups -OCH3 is 1. The van der Waals surface area contributed by atoms with Crippen LogP contribution in [0, 0.1) is 41.4 Å². The number of aliphatic hydroxyl groups excluding tert-OH is 2. The maximum Gasteiger partial charge on any atom is 0.311 e. The lowest BCUT2D eigenvalue weighted by atomic mass is 9.72. The average Bonchev–Trinajstić information content (AvgIpc) is 3.50. The third kappa shape index (κ3) is 8.00. The summed E-state index contributed by atoms with van der Waals surface area (Å²) in [7, 11) is 1.40. The van der Waals surface area contributed by atoms with Crippen LogP contribution in [-0.2, 0) is 38.0 Å². The van der Waals surface area contributed by atoms with Crippen LogP contribution in [0.5, 0.6) is 0 Å². The van der Waals surface area contributed by atoms with E-state index >= 15 is 0 Å². The predicted octanol–water partition coefficient (Wildman–Crippen LogP) is 6.28. The second-order valence-corrected chi connectivity index (χ2v) is 18.1. The molecule has 5 heterocycles. The van der Waals surface area contributed by atoms with Crippen LogP contribution in [0.1, 0.15) is 133 Å². The Morgan fingerprint density at radius 2 is 1.59 bits per heavy atom. The molecule has 5 rings (SSSR count). The molecule has 0 aromatic heterocycles. The Morgan fingerprint density at radius 3 is 2.20 bits per heavy atom. The zero-order valence-corrected chi connectivity index (χ0v) is 34.9. The minimum atomic E-state index is -1.36. The summed E-state index contributed by atoms with van der Waals surface area (Å²) < 4.78 is 38.7. The van der Waals surface area contributed by atoms with Crippen molar-refractivity contribution in [3.05, 3.63) is 12.2 Å². The van der Waals surface area contributed by atoms with E-state index in [4.69, 9.17) is 28.4 Å². The molecular weight excluding hydrogens is 692 g/mol. The molecule has 5 aliphatic rings. The highest BCUT2D eigenvalue weighted by Gasteiger charge is 2.63. The number of carbonyl (C=O) groups excluding carboxylic acids is 2. The van der Waals surface area contributed by atoms with Gasteiger partial charge in [-0.15, -0.1) is 0 Å². The summed E-state index contributed by atoms with van der Waals surface area (Å²) in [5, 5.41) is 34.3. The predicted molar refractivity (Wildman–Crippen MR) is 203 cm³/mol. The molecule has 54 heavy (non-hydrogen) atoms. The van der Waals surface area contributed by atoms with Gasteiger partial charge in [0, 0.05) is 30.1 Å². The molecule has 0 aliphatic carbocycles. The number of rotatable bonds is 12. The summed E-state index contributed by atoms with van der Waals surface area (Å²) >= 11 is 0. The van der Waals surface area contributed by atoms with Crippen molar-refractivity contribution in [2.45, 2.75) is 199 Å². The zero-order chi connectivity index (χ0) is 40.0. The van der Waals surface area contributed by atoms with Gasteiger partial charge < -0.3 is 43.7 Å². The Hall–Kier alpha value is -1.44. The molecular formula is C43H72O11. The van der Waals surface area contributed by atoms with Gasteiger partial charge in [-0.25, -0.2) is 0 Å². The molecule has 18 atom stereocenters. The fraction of sp³-hybridized carbons (Fsp3) is 0.907. The molecule has 2 spiro atoms. The summed E-state index contributed by atoms with van der Waals surface area (Å²) in [6.45, 7) is 19.9. The Labute approximate surface area is 324 Å². The third-order valence-electron chi connectivity index (χ3n) is 14.6. The number of aliphatic hydroxyl groups is 3. The molecule has 0 saturated carbocycles. The highest BCUT2D eigenvalue weighted by Crippen LogP contribution is 2.54. The maximum absolute atomic E-state index is 14.5. The van der Waals surface area contributed by atoms with Gasteiger partial charge in [0.2, 0.25) is 5.79 Å². The van der Waals surface area contributed by atoms with Gasteiger partial charge in [-0.2, -0.15) is 0 Å². The molecule has 0 aromatic rings. The van der Waals surface area contributed by atoms with Gasteiger partial charge in [0.15, 0.2) is 5.79 Å². The number of ketones is 1. The molecule has 1 unspecified atom stereocenters. The summed E-state index contributed by atoms with van der Waals surface area (Å²) in [4.78, 5) is 27.0. The van der Waals surface area contributed by atoms with Crippen LogP contribution >= 0.6 is 0 Å². The third-order valence-corrected chi connectivity index (χ3v) is 14.6. The normalized spacial score (nSPS) is 45.5. The number of hydrogen-bond acceptors (Lipinski definition) is 11. The number of carbonyl (C=O) groups is 2. The van der Waals surface area contributed by atoms with E-state index in [2.05, 4.69) is 20.8 Å². The van der Waals surface area contributed by atoms with Crippen LogP contribution in [0.25, 0.3) is 0 Å². The molecule has 4 saturated heterocycles. The van der Waals surface area contributed by atoms with E-state index in [9.17, 15) is 24.9 Å². The summed E-state index contributed by atoms with van der Waals surface area (Å²) in [6, 6.07) is 0. The minimum absolute atomic E-state index is 0.0250. The van der Waals surface area contributed by atoms with Crippen molar-refractivity contribution in [1.29, 1.82) is 0 Å². The first-order valence-corrected chi connectivity index (χ1v) is 21.1. The lowest BCUT2D eigenvalue weighted by molar-refractivity contribution is -0.409. The van der Waals surface area contributed by atoms with Crippen molar-refractivity contribution >= 4 is 11.8 Å². The van der Waals surface area contributed by atoms with Gasteiger partial charge in [-0.05, 0) is 95.6 Å². The molecule has 4 fully saturated rings. The Kier molecular flexibility index (Phi) is 13.6. The van der Waals surface area contributed by atoms with Crippen LogP contribution in [0.15, 0.2) is 12.2 Å². The van der Waals surface area contributed by atoms with Crippen LogP contribution in [0.4, 0.5) is 0 Å². The highest BCUT2D eigenvalue weighted by atomic mass is 16.8. The summed E-state index contributed by atoms with van der Waals surface area (Å²) in [5.41, 5.74) is -1.62. The number of ether oxygens (including phenoxy) is 6. The van der Waals surface area contributed by atoms with E-state index in [1.54, 1.807) is 19.1 Å². The fourth-order valence-electron chi connectivity index (χ4n) is 10.6. The van der Waals surface area contributed by atoms with Gasteiger partial charge in [0.05, 0.1) is 60.9 Å².